The molecular weight excluding hydrogens is 218 g/mol. The van der Waals surface area contributed by atoms with E-state index in [0.29, 0.717) is 12.2 Å². The maximum atomic E-state index is 12.0. The van der Waals surface area contributed by atoms with Gasteiger partial charge in [0, 0.05) is 18.4 Å². The van der Waals surface area contributed by atoms with E-state index in [1.165, 1.54) is 9.08 Å². The predicted molar refractivity (Wildman–Crippen MR) is 65.0 cm³/mol. The molecule has 0 aliphatic carbocycles. The maximum absolute atomic E-state index is 12.0. The summed E-state index contributed by atoms with van der Waals surface area (Å²) in [6.07, 6.45) is 5.77. The molecule has 0 amide bonds. The highest BCUT2D eigenvalue weighted by Crippen LogP contribution is 1.96. The van der Waals surface area contributed by atoms with Crippen LogP contribution in [0.3, 0.4) is 0 Å². The summed E-state index contributed by atoms with van der Waals surface area (Å²) in [6.45, 7) is 5.63. The van der Waals surface area contributed by atoms with Gasteiger partial charge in [0.25, 0.3) is 0 Å². The van der Waals surface area contributed by atoms with E-state index in [0.717, 1.165) is 13.0 Å². The Labute approximate surface area is 99.3 Å². The molecule has 0 saturated heterocycles. The standard InChI is InChI=1S/C11H17N5O/c1-3-9(13-4-2)8-16-11(17)15-6-5-12-7-10(15)14-16/h5-7,9,13H,3-4,8H2,1-2H3. The first-order chi connectivity index (χ1) is 8.26. The molecule has 0 bridgehead atoms. The third-order valence-electron chi connectivity index (χ3n) is 2.77. The van der Waals surface area contributed by atoms with Crippen LogP contribution >= 0.6 is 0 Å². The molecule has 2 aromatic heterocycles. The Morgan fingerprint density at radius 3 is 2.94 bits per heavy atom. The van der Waals surface area contributed by atoms with Crippen molar-refractivity contribution in [2.24, 2.45) is 0 Å². The SMILES string of the molecule is CCNC(CC)Cn1nc2cnccn2c1=O. The van der Waals surface area contributed by atoms with Crippen LogP contribution in [-0.2, 0) is 6.54 Å². The van der Waals surface area contributed by atoms with Gasteiger partial charge in [-0.2, -0.15) is 0 Å². The van der Waals surface area contributed by atoms with Gasteiger partial charge in [0.05, 0.1) is 12.7 Å². The molecular formula is C11H17N5O. The minimum atomic E-state index is -0.112. The lowest BCUT2D eigenvalue weighted by atomic mass is 10.2. The molecule has 0 spiro atoms. The van der Waals surface area contributed by atoms with Crippen LogP contribution in [0, 0.1) is 0 Å². The summed E-state index contributed by atoms with van der Waals surface area (Å²) in [7, 11) is 0. The van der Waals surface area contributed by atoms with Crippen molar-refractivity contribution in [3.8, 4) is 0 Å². The van der Waals surface area contributed by atoms with Gasteiger partial charge >= 0.3 is 5.69 Å². The zero-order chi connectivity index (χ0) is 12.3. The van der Waals surface area contributed by atoms with Crippen molar-refractivity contribution in [2.75, 3.05) is 6.54 Å². The van der Waals surface area contributed by atoms with Gasteiger partial charge in [-0.05, 0) is 13.0 Å². The Balaban J connectivity index is 2.29. The lowest BCUT2D eigenvalue weighted by Gasteiger charge is -2.14. The molecule has 0 fully saturated rings. The Kier molecular flexibility index (Phi) is 3.53. The average Bonchev–Trinajstić information content (AvgIpc) is 2.66. The molecule has 6 nitrogen and oxygen atoms in total. The third-order valence-corrected chi connectivity index (χ3v) is 2.77. The van der Waals surface area contributed by atoms with Crippen molar-refractivity contribution in [3.05, 3.63) is 29.1 Å². The number of nitrogens with one attached hydrogen (secondary N) is 1. The Morgan fingerprint density at radius 2 is 2.29 bits per heavy atom. The number of hydrogen-bond acceptors (Lipinski definition) is 4. The van der Waals surface area contributed by atoms with Crippen molar-refractivity contribution < 1.29 is 0 Å². The van der Waals surface area contributed by atoms with Gasteiger partial charge in [-0.1, -0.05) is 13.8 Å². The summed E-state index contributed by atoms with van der Waals surface area (Å²) < 4.78 is 3.00. The Hall–Kier alpha value is -1.69. The molecule has 92 valence electrons. The van der Waals surface area contributed by atoms with Crippen molar-refractivity contribution in [1.29, 1.82) is 0 Å². The highest BCUT2D eigenvalue weighted by Gasteiger charge is 2.11. The van der Waals surface area contributed by atoms with Crippen LogP contribution in [0.2, 0.25) is 0 Å². The van der Waals surface area contributed by atoms with Gasteiger partial charge < -0.3 is 5.32 Å². The molecule has 0 aliphatic rings. The van der Waals surface area contributed by atoms with Crippen molar-refractivity contribution >= 4 is 5.65 Å². The maximum Gasteiger partial charge on any atom is 0.350 e. The molecule has 0 aliphatic heterocycles. The quantitative estimate of drug-likeness (QED) is 0.808. The minimum absolute atomic E-state index is 0.112. The summed E-state index contributed by atoms with van der Waals surface area (Å²) in [4.78, 5) is 15.9. The van der Waals surface area contributed by atoms with E-state index in [-0.39, 0.29) is 11.7 Å². The smallest absolute Gasteiger partial charge is 0.312 e. The molecule has 0 aromatic carbocycles. The molecule has 17 heavy (non-hydrogen) atoms. The van der Waals surface area contributed by atoms with Gasteiger partial charge in [-0.25, -0.2) is 13.9 Å². The topological polar surface area (TPSA) is 64.2 Å². The van der Waals surface area contributed by atoms with Gasteiger partial charge in [-0.15, -0.1) is 5.10 Å². The number of likely N-dealkylation sites (N-methyl/N-ethyl adjacent to an activating group) is 1. The summed E-state index contributed by atoms with van der Waals surface area (Å²) in [5, 5.41) is 7.57. The van der Waals surface area contributed by atoms with Crippen LogP contribution < -0.4 is 11.0 Å². The number of hydrogen-bond donors (Lipinski definition) is 1. The van der Waals surface area contributed by atoms with Crippen LogP contribution in [0.15, 0.2) is 23.4 Å². The van der Waals surface area contributed by atoms with Crippen molar-refractivity contribution in [3.63, 3.8) is 0 Å². The van der Waals surface area contributed by atoms with Gasteiger partial charge in [0.2, 0.25) is 0 Å². The van der Waals surface area contributed by atoms with E-state index in [9.17, 15) is 4.79 Å². The predicted octanol–water partition coefficient (Wildman–Crippen LogP) is 0.279. The molecule has 0 radical (unpaired) electrons. The first-order valence-electron chi connectivity index (χ1n) is 5.88. The summed E-state index contributed by atoms with van der Waals surface area (Å²) >= 11 is 0. The normalized spacial score (nSPS) is 13.1. The zero-order valence-corrected chi connectivity index (χ0v) is 10.1. The largest absolute Gasteiger partial charge is 0.350 e. The lowest BCUT2D eigenvalue weighted by Crippen LogP contribution is -2.36. The van der Waals surface area contributed by atoms with Crippen LogP contribution in [0.1, 0.15) is 20.3 Å². The molecule has 2 heterocycles. The van der Waals surface area contributed by atoms with E-state index in [1.807, 2.05) is 0 Å². The fraction of sp³-hybridized carbons (Fsp3) is 0.545. The summed E-state index contributed by atoms with van der Waals surface area (Å²) in [5.41, 5.74) is 0.475. The molecule has 1 atom stereocenters. The molecule has 1 N–H and O–H groups in total. The molecule has 2 aromatic rings. The number of nitrogens with zero attached hydrogens (tertiary/aromatic N) is 4. The second-order valence-electron chi connectivity index (χ2n) is 3.93. The van der Waals surface area contributed by atoms with Gasteiger partial charge in [-0.3, -0.25) is 4.98 Å². The Bertz CT molecular complexity index is 544. The zero-order valence-electron chi connectivity index (χ0n) is 10.1. The number of aromatic nitrogens is 4. The first kappa shape index (κ1) is 11.8. The monoisotopic (exact) mass is 235 g/mol. The van der Waals surface area contributed by atoms with E-state index >= 15 is 0 Å². The summed E-state index contributed by atoms with van der Waals surface area (Å²) in [5.74, 6) is 0. The van der Waals surface area contributed by atoms with Crippen LogP contribution in [0.25, 0.3) is 5.65 Å². The minimum Gasteiger partial charge on any atom is -0.312 e. The van der Waals surface area contributed by atoms with Crippen molar-refractivity contribution in [2.45, 2.75) is 32.9 Å². The van der Waals surface area contributed by atoms with Gasteiger partial charge in [0.15, 0.2) is 5.65 Å². The fourth-order valence-corrected chi connectivity index (χ4v) is 1.83. The molecule has 1 unspecified atom stereocenters. The van der Waals surface area contributed by atoms with E-state index in [1.54, 1.807) is 18.6 Å². The molecule has 2 rings (SSSR count). The third kappa shape index (κ3) is 2.36. The highest BCUT2D eigenvalue weighted by atomic mass is 16.2. The highest BCUT2D eigenvalue weighted by molar-refractivity contribution is 5.31. The average molecular weight is 235 g/mol. The van der Waals surface area contributed by atoms with Crippen LogP contribution in [-0.4, -0.2) is 31.8 Å². The molecule has 0 saturated carbocycles. The first-order valence-corrected chi connectivity index (χ1v) is 5.88. The molecule has 6 heteroatoms. The van der Waals surface area contributed by atoms with Crippen molar-refractivity contribution in [1.82, 2.24) is 24.5 Å². The van der Waals surface area contributed by atoms with Crippen LogP contribution in [0.5, 0.6) is 0 Å². The number of rotatable bonds is 5. The van der Waals surface area contributed by atoms with E-state index in [2.05, 4.69) is 29.2 Å². The fourth-order valence-electron chi connectivity index (χ4n) is 1.83. The van der Waals surface area contributed by atoms with E-state index < -0.39 is 0 Å². The van der Waals surface area contributed by atoms with E-state index in [4.69, 9.17) is 0 Å². The van der Waals surface area contributed by atoms with Crippen LogP contribution in [0.4, 0.5) is 0 Å². The Morgan fingerprint density at radius 1 is 1.47 bits per heavy atom. The second kappa shape index (κ2) is 5.09. The summed E-state index contributed by atoms with van der Waals surface area (Å²) in [6, 6.07) is 0.274. The number of fused-ring (bicyclic) bond motifs is 1. The second-order valence-corrected chi connectivity index (χ2v) is 3.93. The van der Waals surface area contributed by atoms with Gasteiger partial charge in [0.1, 0.15) is 0 Å². The lowest BCUT2D eigenvalue weighted by molar-refractivity contribution is 0.417.